The first-order valence-electron chi connectivity index (χ1n) is 5.82. The van der Waals surface area contributed by atoms with Gasteiger partial charge >= 0.3 is 0 Å². The van der Waals surface area contributed by atoms with Crippen molar-refractivity contribution in [2.75, 3.05) is 23.7 Å². The van der Waals surface area contributed by atoms with Gasteiger partial charge < -0.3 is 4.90 Å². The third kappa shape index (κ3) is 2.86. The summed E-state index contributed by atoms with van der Waals surface area (Å²) in [6.45, 7) is 3.90. The van der Waals surface area contributed by atoms with E-state index in [2.05, 4.69) is 11.9 Å². The van der Waals surface area contributed by atoms with Crippen molar-refractivity contribution in [2.45, 2.75) is 24.5 Å². The van der Waals surface area contributed by atoms with E-state index in [1.165, 1.54) is 0 Å². The van der Waals surface area contributed by atoms with Crippen LogP contribution >= 0.6 is 23.4 Å². The molecule has 0 N–H and O–H groups in total. The predicted molar refractivity (Wildman–Crippen MR) is 72.5 cm³/mol. The Morgan fingerprint density at radius 2 is 2.47 bits per heavy atom. The highest BCUT2D eigenvalue weighted by Crippen LogP contribution is 2.27. The van der Waals surface area contributed by atoms with E-state index >= 15 is 0 Å². The van der Waals surface area contributed by atoms with Gasteiger partial charge in [-0.05, 0) is 12.5 Å². The van der Waals surface area contributed by atoms with Crippen molar-refractivity contribution in [3.63, 3.8) is 0 Å². The molecule has 0 amide bonds. The molecule has 1 atom stereocenters. The van der Waals surface area contributed by atoms with Gasteiger partial charge in [0.15, 0.2) is 11.6 Å². The third-order valence-electron chi connectivity index (χ3n) is 2.99. The number of aromatic nitrogens is 1. The number of rotatable bonds is 3. The van der Waals surface area contributed by atoms with Crippen LogP contribution in [0.2, 0.25) is 0 Å². The van der Waals surface area contributed by atoms with Crippen LogP contribution in [0.25, 0.3) is 0 Å². The van der Waals surface area contributed by atoms with Gasteiger partial charge in [0.05, 0.1) is 5.88 Å². The Labute approximate surface area is 111 Å². The molecular weight excluding hydrogens is 259 g/mol. The second kappa shape index (κ2) is 5.91. The molecule has 0 saturated carbocycles. The first kappa shape index (κ1) is 13.0. The second-order valence-electron chi connectivity index (χ2n) is 4.09. The van der Waals surface area contributed by atoms with Crippen LogP contribution in [-0.2, 0) is 5.88 Å². The average Bonchev–Trinajstić information content (AvgIpc) is 2.39. The quantitative estimate of drug-likeness (QED) is 0.787. The predicted octanol–water partition coefficient (Wildman–Crippen LogP) is 3.29. The minimum absolute atomic E-state index is 0.196. The number of halogens is 2. The lowest BCUT2D eigenvalue weighted by Gasteiger charge is -2.33. The number of pyridine rings is 1. The van der Waals surface area contributed by atoms with E-state index in [0.717, 1.165) is 25.3 Å². The highest BCUT2D eigenvalue weighted by molar-refractivity contribution is 8.00. The Bertz CT molecular complexity index is 389. The smallest absolute Gasteiger partial charge is 0.170 e. The van der Waals surface area contributed by atoms with E-state index in [1.807, 2.05) is 16.7 Å². The van der Waals surface area contributed by atoms with E-state index < -0.39 is 0 Å². The van der Waals surface area contributed by atoms with Crippen LogP contribution in [0.4, 0.5) is 10.2 Å². The van der Waals surface area contributed by atoms with Crippen LogP contribution in [0.5, 0.6) is 0 Å². The van der Waals surface area contributed by atoms with Gasteiger partial charge in [-0.2, -0.15) is 11.8 Å². The van der Waals surface area contributed by atoms with Crippen LogP contribution in [0, 0.1) is 5.82 Å². The van der Waals surface area contributed by atoms with Gasteiger partial charge in [-0.1, -0.05) is 6.92 Å². The Morgan fingerprint density at radius 1 is 1.65 bits per heavy atom. The minimum atomic E-state index is -0.260. The van der Waals surface area contributed by atoms with Gasteiger partial charge in [-0.25, -0.2) is 9.37 Å². The van der Waals surface area contributed by atoms with Crippen molar-refractivity contribution >= 4 is 29.2 Å². The van der Waals surface area contributed by atoms with Gasteiger partial charge in [0, 0.05) is 35.9 Å². The van der Waals surface area contributed by atoms with Crippen molar-refractivity contribution in [3.8, 4) is 0 Å². The molecule has 0 aliphatic carbocycles. The van der Waals surface area contributed by atoms with Gasteiger partial charge in [0.1, 0.15) is 0 Å². The van der Waals surface area contributed by atoms with Crippen molar-refractivity contribution in [2.24, 2.45) is 0 Å². The monoisotopic (exact) mass is 274 g/mol. The number of hydrogen-bond acceptors (Lipinski definition) is 3. The molecule has 0 radical (unpaired) electrons. The molecule has 1 unspecified atom stereocenters. The fraction of sp³-hybridized carbons (Fsp3) is 0.583. The van der Waals surface area contributed by atoms with Crippen LogP contribution in [-0.4, -0.2) is 29.1 Å². The highest BCUT2D eigenvalue weighted by atomic mass is 35.5. The van der Waals surface area contributed by atoms with Crippen molar-refractivity contribution < 1.29 is 4.39 Å². The fourth-order valence-corrected chi connectivity index (χ4v) is 3.34. The lowest BCUT2D eigenvalue weighted by Crippen LogP contribution is -2.38. The molecule has 17 heavy (non-hydrogen) atoms. The molecule has 0 spiro atoms. The summed E-state index contributed by atoms with van der Waals surface area (Å²) in [6.07, 6.45) is 2.75. The number of hydrogen-bond donors (Lipinski definition) is 0. The third-order valence-corrected chi connectivity index (χ3v) is 4.65. The summed E-state index contributed by atoms with van der Waals surface area (Å²) in [4.78, 5) is 6.20. The molecule has 1 saturated heterocycles. The van der Waals surface area contributed by atoms with Gasteiger partial charge in [0.25, 0.3) is 0 Å². The molecule has 1 aliphatic rings. The zero-order valence-corrected chi connectivity index (χ0v) is 11.4. The Kier molecular flexibility index (Phi) is 4.51. The number of anilines is 1. The summed E-state index contributed by atoms with van der Waals surface area (Å²) >= 11 is 7.67. The molecule has 2 nitrogen and oxygen atoms in total. The minimum Gasteiger partial charge on any atom is -0.352 e. The molecule has 1 aliphatic heterocycles. The maximum absolute atomic E-state index is 14.1. The molecule has 0 aromatic carbocycles. The summed E-state index contributed by atoms with van der Waals surface area (Å²) in [5.41, 5.74) is 0.531. The molecule has 2 rings (SSSR count). The molecule has 1 aromatic heterocycles. The van der Waals surface area contributed by atoms with Crippen molar-refractivity contribution in [1.29, 1.82) is 0 Å². The lowest BCUT2D eigenvalue weighted by molar-refractivity contribution is 0.595. The standard InChI is InChI=1S/C12H16ClFN2S/c1-2-10-8-16(5-6-17-10)12-11(14)9(7-13)3-4-15-12/h3-4,10H,2,5-8H2,1H3. The summed E-state index contributed by atoms with van der Waals surface area (Å²) in [5.74, 6) is 1.43. The zero-order valence-electron chi connectivity index (χ0n) is 9.83. The van der Waals surface area contributed by atoms with E-state index in [4.69, 9.17) is 11.6 Å². The molecule has 1 fully saturated rings. The maximum Gasteiger partial charge on any atom is 0.170 e. The number of thioether (sulfide) groups is 1. The molecule has 1 aromatic rings. The van der Waals surface area contributed by atoms with Crippen molar-refractivity contribution in [1.82, 2.24) is 4.98 Å². The molecule has 94 valence electrons. The highest BCUT2D eigenvalue weighted by Gasteiger charge is 2.23. The second-order valence-corrected chi connectivity index (χ2v) is 5.76. The molecule has 2 heterocycles. The summed E-state index contributed by atoms with van der Waals surface area (Å²) in [5, 5.41) is 0.574. The van der Waals surface area contributed by atoms with Crippen LogP contribution in [0.1, 0.15) is 18.9 Å². The normalized spacial score (nSPS) is 20.6. The largest absolute Gasteiger partial charge is 0.352 e. The topological polar surface area (TPSA) is 16.1 Å². The summed E-state index contributed by atoms with van der Waals surface area (Å²) in [7, 11) is 0. The van der Waals surface area contributed by atoms with Gasteiger partial charge in [-0.15, -0.1) is 11.6 Å². The summed E-state index contributed by atoms with van der Waals surface area (Å²) < 4.78 is 14.1. The maximum atomic E-state index is 14.1. The average molecular weight is 275 g/mol. The van der Waals surface area contributed by atoms with E-state index in [0.29, 0.717) is 16.6 Å². The Morgan fingerprint density at radius 3 is 3.18 bits per heavy atom. The van der Waals surface area contributed by atoms with Crippen LogP contribution in [0.3, 0.4) is 0 Å². The first-order chi connectivity index (χ1) is 8.26. The zero-order chi connectivity index (χ0) is 12.3. The van der Waals surface area contributed by atoms with Gasteiger partial charge in [0.2, 0.25) is 0 Å². The fourth-order valence-electron chi connectivity index (χ4n) is 1.95. The SMILES string of the molecule is CCC1CN(c2nccc(CCl)c2F)CCS1. The number of alkyl halides is 1. The first-order valence-corrected chi connectivity index (χ1v) is 7.40. The Balaban J connectivity index is 2.21. The molecule has 5 heteroatoms. The van der Waals surface area contributed by atoms with Crippen LogP contribution < -0.4 is 4.90 Å². The van der Waals surface area contributed by atoms with E-state index in [-0.39, 0.29) is 11.7 Å². The molecular formula is C12H16ClFN2S. The van der Waals surface area contributed by atoms with E-state index in [1.54, 1.807) is 12.3 Å². The number of nitrogens with zero attached hydrogens (tertiary/aromatic N) is 2. The lowest BCUT2D eigenvalue weighted by atomic mass is 10.2. The Hall–Kier alpha value is -0.480. The van der Waals surface area contributed by atoms with Crippen molar-refractivity contribution in [3.05, 3.63) is 23.6 Å². The summed E-state index contributed by atoms with van der Waals surface area (Å²) in [6, 6.07) is 1.64. The van der Waals surface area contributed by atoms with Gasteiger partial charge in [-0.3, -0.25) is 0 Å². The van der Waals surface area contributed by atoms with Crippen LogP contribution in [0.15, 0.2) is 12.3 Å². The van der Waals surface area contributed by atoms with E-state index in [9.17, 15) is 4.39 Å². The molecule has 0 bridgehead atoms.